The Hall–Kier alpha value is -1.06. The fourth-order valence-electron chi connectivity index (χ4n) is 1.73. The molecule has 1 saturated heterocycles. The average molecular weight is 240 g/mol. The quantitative estimate of drug-likeness (QED) is 0.751. The van der Waals surface area contributed by atoms with Crippen molar-refractivity contribution < 1.29 is 9.53 Å². The van der Waals surface area contributed by atoms with Crippen LogP contribution in [-0.2, 0) is 16.1 Å². The lowest BCUT2D eigenvalue weighted by atomic mass is 10.2. The molecule has 0 N–H and O–H groups in total. The first-order valence-corrected chi connectivity index (χ1v) is 5.82. The zero-order chi connectivity index (χ0) is 11.4. The molecule has 3 nitrogen and oxygen atoms in total. The molecule has 1 aromatic carbocycles. The number of benzene rings is 1. The van der Waals surface area contributed by atoms with E-state index in [2.05, 4.69) is 0 Å². The summed E-state index contributed by atoms with van der Waals surface area (Å²) in [7, 11) is 0. The van der Waals surface area contributed by atoms with Gasteiger partial charge in [0.25, 0.3) is 0 Å². The van der Waals surface area contributed by atoms with Crippen molar-refractivity contribution in [2.45, 2.75) is 12.6 Å². The SMILES string of the molecule is O=C1CO[C@H](CCl)CN1Cc1ccccc1. The van der Waals surface area contributed by atoms with Crippen LogP contribution in [0.4, 0.5) is 0 Å². The highest BCUT2D eigenvalue weighted by Crippen LogP contribution is 2.12. The number of morpholine rings is 1. The van der Waals surface area contributed by atoms with Crippen molar-refractivity contribution in [3.63, 3.8) is 0 Å². The largest absolute Gasteiger partial charge is 0.365 e. The molecule has 1 amide bonds. The number of carbonyl (C=O) groups is 1. The number of halogens is 1. The van der Waals surface area contributed by atoms with Crippen LogP contribution in [0.15, 0.2) is 30.3 Å². The molecule has 1 aliphatic heterocycles. The Labute approximate surface area is 100.0 Å². The summed E-state index contributed by atoms with van der Waals surface area (Å²) in [4.78, 5) is 13.4. The summed E-state index contributed by atoms with van der Waals surface area (Å²) >= 11 is 5.73. The van der Waals surface area contributed by atoms with E-state index in [1.54, 1.807) is 4.90 Å². The first-order valence-electron chi connectivity index (χ1n) is 5.29. The van der Waals surface area contributed by atoms with Gasteiger partial charge in [0.1, 0.15) is 6.61 Å². The zero-order valence-corrected chi connectivity index (χ0v) is 9.69. The van der Waals surface area contributed by atoms with Crippen LogP contribution in [0, 0.1) is 0 Å². The highest BCUT2D eigenvalue weighted by Gasteiger charge is 2.25. The minimum atomic E-state index is -0.0388. The molecule has 0 aromatic heterocycles. The molecule has 0 unspecified atom stereocenters. The van der Waals surface area contributed by atoms with E-state index in [4.69, 9.17) is 16.3 Å². The van der Waals surface area contributed by atoms with Crippen molar-refractivity contribution in [3.8, 4) is 0 Å². The van der Waals surface area contributed by atoms with Crippen molar-refractivity contribution in [2.75, 3.05) is 19.0 Å². The van der Waals surface area contributed by atoms with Gasteiger partial charge in [-0.05, 0) is 5.56 Å². The van der Waals surface area contributed by atoms with Crippen LogP contribution < -0.4 is 0 Å². The summed E-state index contributed by atoms with van der Waals surface area (Å²) in [5.41, 5.74) is 1.13. The third kappa shape index (κ3) is 2.74. The Bertz CT molecular complexity index is 355. The molecule has 0 radical (unpaired) electrons. The molecule has 1 atom stereocenters. The van der Waals surface area contributed by atoms with Crippen LogP contribution in [0.2, 0.25) is 0 Å². The van der Waals surface area contributed by atoms with Crippen LogP contribution >= 0.6 is 11.6 Å². The number of ether oxygens (including phenoxy) is 1. The van der Waals surface area contributed by atoms with Crippen LogP contribution in [-0.4, -0.2) is 35.9 Å². The third-order valence-corrected chi connectivity index (χ3v) is 2.95. The number of hydrogen-bond donors (Lipinski definition) is 0. The second-order valence-electron chi connectivity index (χ2n) is 3.85. The van der Waals surface area contributed by atoms with Crippen molar-refractivity contribution in [1.29, 1.82) is 0 Å². The summed E-state index contributed by atoms with van der Waals surface area (Å²) in [5, 5.41) is 0. The molecule has 86 valence electrons. The van der Waals surface area contributed by atoms with E-state index in [0.29, 0.717) is 19.0 Å². The summed E-state index contributed by atoms with van der Waals surface area (Å²) in [6, 6.07) is 9.93. The molecule has 0 spiro atoms. The highest BCUT2D eigenvalue weighted by molar-refractivity contribution is 6.18. The number of rotatable bonds is 3. The Morgan fingerprint density at radius 3 is 2.81 bits per heavy atom. The molecule has 1 heterocycles. The second-order valence-corrected chi connectivity index (χ2v) is 4.16. The van der Waals surface area contributed by atoms with Crippen LogP contribution in [0.25, 0.3) is 0 Å². The summed E-state index contributed by atoms with van der Waals surface area (Å²) in [6.07, 6.45) is -0.0388. The Morgan fingerprint density at radius 2 is 2.12 bits per heavy atom. The Balaban J connectivity index is 2.00. The van der Waals surface area contributed by atoms with E-state index >= 15 is 0 Å². The van der Waals surface area contributed by atoms with Crippen LogP contribution in [0.3, 0.4) is 0 Å². The Kier molecular flexibility index (Phi) is 3.80. The molecule has 0 bridgehead atoms. The van der Waals surface area contributed by atoms with Gasteiger partial charge in [-0.15, -0.1) is 11.6 Å². The van der Waals surface area contributed by atoms with Gasteiger partial charge >= 0.3 is 0 Å². The lowest BCUT2D eigenvalue weighted by molar-refractivity contribution is -0.148. The predicted octanol–water partition coefficient (Wildman–Crippen LogP) is 1.65. The maximum atomic E-state index is 11.6. The van der Waals surface area contributed by atoms with Gasteiger partial charge in [-0.25, -0.2) is 0 Å². The molecule has 2 rings (SSSR count). The maximum absolute atomic E-state index is 11.6. The summed E-state index contributed by atoms with van der Waals surface area (Å²) in [6.45, 7) is 1.36. The average Bonchev–Trinajstić information content (AvgIpc) is 2.33. The van der Waals surface area contributed by atoms with Gasteiger partial charge in [0.05, 0.1) is 12.0 Å². The summed E-state index contributed by atoms with van der Waals surface area (Å²) < 4.78 is 5.28. The lowest BCUT2D eigenvalue weighted by Crippen LogP contribution is -2.46. The zero-order valence-electron chi connectivity index (χ0n) is 8.93. The molecule has 4 heteroatoms. The van der Waals surface area contributed by atoms with E-state index < -0.39 is 0 Å². The molecule has 1 aromatic rings. The van der Waals surface area contributed by atoms with Crippen molar-refractivity contribution in [1.82, 2.24) is 4.90 Å². The standard InChI is InChI=1S/C12H14ClNO2/c13-6-11-8-14(12(15)9-16-11)7-10-4-2-1-3-5-10/h1-5,11H,6-9H2/t11-/m1/s1. The van der Waals surface area contributed by atoms with E-state index in [1.165, 1.54) is 0 Å². The molecule has 0 saturated carbocycles. The van der Waals surface area contributed by atoms with Crippen molar-refractivity contribution in [3.05, 3.63) is 35.9 Å². The number of nitrogens with zero attached hydrogens (tertiary/aromatic N) is 1. The molecule has 1 aliphatic rings. The molecule has 0 aliphatic carbocycles. The maximum Gasteiger partial charge on any atom is 0.248 e. The van der Waals surface area contributed by atoms with Gasteiger partial charge in [0.15, 0.2) is 0 Å². The smallest absolute Gasteiger partial charge is 0.248 e. The fourth-order valence-corrected chi connectivity index (χ4v) is 1.92. The van der Waals surface area contributed by atoms with Gasteiger partial charge in [-0.1, -0.05) is 30.3 Å². The molecular formula is C12H14ClNO2. The number of alkyl halides is 1. The van der Waals surface area contributed by atoms with Gasteiger partial charge in [-0.2, -0.15) is 0 Å². The van der Waals surface area contributed by atoms with Crippen molar-refractivity contribution >= 4 is 17.5 Å². The van der Waals surface area contributed by atoms with Gasteiger partial charge in [0.2, 0.25) is 5.91 Å². The minimum absolute atomic E-state index is 0.0326. The normalized spacial score (nSPS) is 21.2. The predicted molar refractivity (Wildman–Crippen MR) is 62.3 cm³/mol. The Morgan fingerprint density at radius 1 is 1.38 bits per heavy atom. The number of carbonyl (C=O) groups excluding carboxylic acids is 1. The van der Waals surface area contributed by atoms with Crippen LogP contribution in [0.5, 0.6) is 0 Å². The first-order chi connectivity index (χ1) is 7.79. The topological polar surface area (TPSA) is 29.5 Å². The second kappa shape index (κ2) is 5.32. The first kappa shape index (κ1) is 11.4. The fraction of sp³-hybridized carbons (Fsp3) is 0.417. The van der Waals surface area contributed by atoms with E-state index in [9.17, 15) is 4.79 Å². The molecular weight excluding hydrogens is 226 g/mol. The lowest BCUT2D eigenvalue weighted by Gasteiger charge is -2.31. The minimum Gasteiger partial charge on any atom is -0.365 e. The van der Waals surface area contributed by atoms with Gasteiger partial charge < -0.3 is 9.64 Å². The molecule has 1 fully saturated rings. The van der Waals surface area contributed by atoms with Crippen LogP contribution in [0.1, 0.15) is 5.56 Å². The molecule has 16 heavy (non-hydrogen) atoms. The van der Waals surface area contributed by atoms with E-state index in [1.807, 2.05) is 30.3 Å². The number of amides is 1. The van der Waals surface area contributed by atoms with Crippen molar-refractivity contribution in [2.24, 2.45) is 0 Å². The van der Waals surface area contributed by atoms with E-state index in [-0.39, 0.29) is 18.6 Å². The summed E-state index contributed by atoms with van der Waals surface area (Å²) in [5.74, 6) is 0.462. The third-order valence-electron chi connectivity index (χ3n) is 2.61. The van der Waals surface area contributed by atoms with E-state index in [0.717, 1.165) is 5.56 Å². The van der Waals surface area contributed by atoms with Gasteiger partial charge in [-0.3, -0.25) is 4.79 Å². The monoisotopic (exact) mass is 239 g/mol. The highest BCUT2D eigenvalue weighted by atomic mass is 35.5. The van der Waals surface area contributed by atoms with Gasteiger partial charge in [0, 0.05) is 13.1 Å². The number of hydrogen-bond acceptors (Lipinski definition) is 2.